The van der Waals surface area contributed by atoms with E-state index >= 15 is 0 Å². The topological polar surface area (TPSA) is 58.6 Å². The summed E-state index contributed by atoms with van der Waals surface area (Å²) in [6, 6.07) is 0.0786. The van der Waals surface area contributed by atoms with Gasteiger partial charge in [-0.1, -0.05) is 0 Å². The zero-order valence-electron chi connectivity index (χ0n) is 14.7. The molecule has 1 aromatic heterocycles. The molecule has 23 heavy (non-hydrogen) atoms. The third-order valence-electron chi connectivity index (χ3n) is 3.66. The Hall–Kier alpha value is -1.50. The van der Waals surface area contributed by atoms with Crippen LogP contribution in [0.1, 0.15) is 34.6 Å². The van der Waals surface area contributed by atoms with Crippen LogP contribution in [0.15, 0.2) is 17.3 Å². The highest BCUT2D eigenvalue weighted by molar-refractivity contribution is 7.98. The lowest BCUT2D eigenvalue weighted by molar-refractivity contribution is 0.00554. The van der Waals surface area contributed by atoms with E-state index in [-0.39, 0.29) is 18.2 Å². The van der Waals surface area contributed by atoms with Crippen LogP contribution in [0, 0.1) is 0 Å². The second-order valence-electron chi connectivity index (χ2n) is 6.91. The fourth-order valence-corrected chi connectivity index (χ4v) is 3.05. The zero-order valence-corrected chi connectivity index (χ0v) is 15.6. The van der Waals surface area contributed by atoms with Crippen LogP contribution in [0.25, 0.3) is 0 Å². The molecule has 1 aliphatic rings. The number of carbonyl (C=O) groups is 1. The molecule has 2 atom stereocenters. The van der Waals surface area contributed by atoms with E-state index in [9.17, 15) is 4.79 Å². The molecule has 0 radical (unpaired) electrons. The Kier molecular flexibility index (Phi) is 5.39. The van der Waals surface area contributed by atoms with Crippen molar-refractivity contribution in [2.24, 2.45) is 0 Å². The number of nitrogens with zero attached hydrogens (tertiary/aromatic N) is 4. The molecular weight excluding hydrogens is 312 g/mol. The maximum absolute atomic E-state index is 12.4. The summed E-state index contributed by atoms with van der Waals surface area (Å²) < 4.78 is 5.52. The predicted octanol–water partition coefficient (Wildman–Crippen LogP) is 3.03. The number of ether oxygens (including phenoxy) is 1. The van der Waals surface area contributed by atoms with Crippen molar-refractivity contribution < 1.29 is 9.53 Å². The molecular formula is C16H26N4O2S. The van der Waals surface area contributed by atoms with Gasteiger partial charge in [-0.25, -0.2) is 14.8 Å². The summed E-state index contributed by atoms with van der Waals surface area (Å²) in [6.45, 7) is 11.1. The summed E-state index contributed by atoms with van der Waals surface area (Å²) in [6.07, 6.45) is 5.42. The second kappa shape index (κ2) is 6.95. The molecule has 2 rings (SSSR count). The van der Waals surface area contributed by atoms with Gasteiger partial charge < -0.3 is 9.64 Å². The number of aromatic nitrogens is 2. The van der Waals surface area contributed by atoms with Crippen molar-refractivity contribution in [3.05, 3.63) is 12.4 Å². The van der Waals surface area contributed by atoms with Crippen molar-refractivity contribution in [1.29, 1.82) is 0 Å². The van der Waals surface area contributed by atoms with Crippen LogP contribution in [-0.4, -0.2) is 58.0 Å². The van der Waals surface area contributed by atoms with Crippen LogP contribution in [0.4, 0.5) is 10.7 Å². The average Bonchev–Trinajstić information content (AvgIpc) is 2.44. The largest absolute Gasteiger partial charge is 0.444 e. The molecule has 0 N–H and O–H groups in total. The zero-order chi connectivity index (χ0) is 17.2. The van der Waals surface area contributed by atoms with Crippen LogP contribution in [0.3, 0.4) is 0 Å². The lowest BCUT2D eigenvalue weighted by atomic mass is 10.1. The maximum Gasteiger partial charge on any atom is 0.410 e. The molecule has 7 heteroatoms. The van der Waals surface area contributed by atoms with Crippen molar-refractivity contribution >= 4 is 23.8 Å². The van der Waals surface area contributed by atoms with E-state index < -0.39 is 5.60 Å². The second-order valence-corrected chi connectivity index (χ2v) is 7.79. The third-order valence-corrected chi connectivity index (χ3v) is 4.34. The fraction of sp³-hybridized carbons (Fsp3) is 0.688. The van der Waals surface area contributed by atoms with Crippen LogP contribution in [0.5, 0.6) is 0 Å². The fourth-order valence-electron chi connectivity index (χ4n) is 2.74. The van der Waals surface area contributed by atoms with Gasteiger partial charge in [-0.05, 0) is 40.9 Å². The van der Waals surface area contributed by atoms with Gasteiger partial charge in [0.15, 0.2) is 0 Å². The SMILES string of the molecule is CSc1cnc(N2C[C@@H](C)N(C(=O)OC(C)(C)C)[C@@H](C)C2)nc1. The van der Waals surface area contributed by atoms with Crippen molar-refractivity contribution in [3.8, 4) is 0 Å². The predicted molar refractivity (Wildman–Crippen MR) is 93.0 cm³/mol. The first-order valence-electron chi connectivity index (χ1n) is 7.83. The summed E-state index contributed by atoms with van der Waals surface area (Å²) >= 11 is 1.62. The molecule has 1 aliphatic heterocycles. The molecule has 6 nitrogen and oxygen atoms in total. The molecule has 0 aliphatic carbocycles. The first kappa shape index (κ1) is 17.8. The smallest absolute Gasteiger partial charge is 0.410 e. The van der Waals surface area contributed by atoms with E-state index in [1.54, 1.807) is 11.8 Å². The van der Waals surface area contributed by atoms with Crippen molar-refractivity contribution in [2.75, 3.05) is 24.2 Å². The maximum atomic E-state index is 12.4. The summed E-state index contributed by atoms with van der Waals surface area (Å²) in [5.74, 6) is 0.713. The number of hydrogen-bond acceptors (Lipinski definition) is 6. The summed E-state index contributed by atoms with van der Waals surface area (Å²) in [5.41, 5.74) is -0.482. The number of amides is 1. The first-order chi connectivity index (χ1) is 10.7. The Morgan fingerprint density at radius 1 is 1.22 bits per heavy atom. The number of hydrogen-bond donors (Lipinski definition) is 0. The summed E-state index contributed by atoms with van der Waals surface area (Å²) in [4.78, 5) is 26.3. The molecule has 0 unspecified atom stereocenters. The Morgan fingerprint density at radius 2 is 1.74 bits per heavy atom. The standard InChI is InChI=1S/C16H26N4O2S/c1-11-9-19(14-17-7-13(23-6)8-18-14)10-12(2)20(11)15(21)22-16(3,4)5/h7-8,11-12H,9-10H2,1-6H3/t11-,12+. The highest BCUT2D eigenvalue weighted by atomic mass is 32.2. The molecule has 1 amide bonds. The van der Waals surface area contributed by atoms with Gasteiger partial charge in [0, 0.05) is 30.4 Å². The Labute approximate surface area is 142 Å². The minimum atomic E-state index is -0.482. The number of piperazine rings is 1. The molecule has 0 aromatic carbocycles. The Bertz CT molecular complexity index is 532. The molecule has 128 valence electrons. The van der Waals surface area contributed by atoms with E-state index in [2.05, 4.69) is 14.9 Å². The van der Waals surface area contributed by atoms with Crippen LogP contribution in [0.2, 0.25) is 0 Å². The molecule has 2 heterocycles. The Morgan fingerprint density at radius 3 is 2.17 bits per heavy atom. The molecule has 1 fully saturated rings. The minimum Gasteiger partial charge on any atom is -0.444 e. The van der Waals surface area contributed by atoms with Gasteiger partial charge in [-0.15, -0.1) is 11.8 Å². The third kappa shape index (κ3) is 4.50. The van der Waals surface area contributed by atoms with E-state index in [4.69, 9.17) is 4.74 Å². The van der Waals surface area contributed by atoms with Gasteiger partial charge in [0.2, 0.25) is 5.95 Å². The average molecular weight is 338 g/mol. The molecule has 0 bridgehead atoms. The van der Waals surface area contributed by atoms with E-state index in [0.717, 1.165) is 4.90 Å². The van der Waals surface area contributed by atoms with Gasteiger partial charge in [-0.3, -0.25) is 4.90 Å². The number of thioether (sulfide) groups is 1. The highest BCUT2D eigenvalue weighted by Crippen LogP contribution is 2.23. The van der Waals surface area contributed by atoms with Gasteiger partial charge in [0.25, 0.3) is 0 Å². The van der Waals surface area contributed by atoms with Crippen LogP contribution >= 0.6 is 11.8 Å². The van der Waals surface area contributed by atoms with E-state index in [1.807, 2.05) is 58.2 Å². The monoisotopic (exact) mass is 338 g/mol. The number of rotatable bonds is 2. The molecule has 1 saturated heterocycles. The van der Waals surface area contributed by atoms with Gasteiger partial charge in [0.05, 0.1) is 12.1 Å². The van der Waals surface area contributed by atoms with Crippen molar-refractivity contribution in [3.63, 3.8) is 0 Å². The van der Waals surface area contributed by atoms with E-state index in [1.165, 1.54) is 0 Å². The first-order valence-corrected chi connectivity index (χ1v) is 9.06. The van der Waals surface area contributed by atoms with E-state index in [0.29, 0.717) is 19.0 Å². The summed E-state index contributed by atoms with van der Waals surface area (Å²) in [5, 5.41) is 0. The highest BCUT2D eigenvalue weighted by Gasteiger charge is 2.36. The number of anilines is 1. The van der Waals surface area contributed by atoms with Crippen molar-refractivity contribution in [2.45, 2.75) is 57.2 Å². The van der Waals surface area contributed by atoms with Crippen molar-refractivity contribution in [1.82, 2.24) is 14.9 Å². The lowest BCUT2D eigenvalue weighted by Gasteiger charge is -2.44. The van der Waals surface area contributed by atoms with Gasteiger partial charge in [0.1, 0.15) is 5.60 Å². The lowest BCUT2D eigenvalue weighted by Crippen LogP contribution is -2.59. The van der Waals surface area contributed by atoms with Gasteiger partial charge in [-0.2, -0.15) is 0 Å². The quantitative estimate of drug-likeness (QED) is 0.773. The number of carbonyl (C=O) groups excluding carboxylic acids is 1. The summed E-state index contributed by atoms with van der Waals surface area (Å²) in [7, 11) is 0. The molecule has 0 saturated carbocycles. The molecule has 0 spiro atoms. The molecule has 1 aromatic rings. The van der Waals surface area contributed by atoms with Gasteiger partial charge >= 0.3 is 6.09 Å². The van der Waals surface area contributed by atoms with Crippen LogP contribution in [-0.2, 0) is 4.74 Å². The van der Waals surface area contributed by atoms with Crippen LogP contribution < -0.4 is 4.90 Å². The Balaban J connectivity index is 2.07. The minimum absolute atomic E-state index is 0.0393. The normalized spacial score (nSPS) is 22.2.